The number of benzene rings is 1. The summed E-state index contributed by atoms with van der Waals surface area (Å²) in [6, 6.07) is 3.49. The van der Waals surface area contributed by atoms with E-state index in [0.717, 1.165) is 10.0 Å². The summed E-state index contributed by atoms with van der Waals surface area (Å²) in [6.07, 6.45) is 0. The van der Waals surface area contributed by atoms with Crippen LogP contribution in [0, 0.1) is 0 Å². The largest absolute Gasteiger partial charge is 0.457 e. The van der Waals surface area contributed by atoms with Gasteiger partial charge in [0.05, 0.1) is 5.56 Å². The van der Waals surface area contributed by atoms with Crippen molar-refractivity contribution in [2.24, 2.45) is 0 Å². The number of cyclic esters (lactones) is 1. The summed E-state index contributed by atoms with van der Waals surface area (Å²) in [6.45, 7) is 0.299. The summed E-state index contributed by atoms with van der Waals surface area (Å²) >= 11 is 3.26. The molecule has 0 fully saturated rings. The number of halogens is 1. The summed E-state index contributed by atoms with van der Waals surface area (Å²) in [7, 11) is 0. The minimum Gasteiger partial charge on any atom is -0.457 e. The van der Waals surface area contributed by atoms with E-state index in [1.54, 1.807) is 12.1 Å². The summed E-state index contributed by atoms with van der Waals surface area (Å²) < 4.78 is 5.62. The number of nitrogens with two attached hydrogens (primary N) is 1. The Morgan fingerprint density at radius 1 is 1.50 bits per heavy atom. The maximum atomic E-state index is 11.1. The van der Waals surface area contributed by atoms with Crippen LogP contribution < -0.4 is 5.73 Å². The van der Waals surface area contributed by atoms with Gasteiger partial charge in [-0.05, 0) is 12.1 Å². The lowest BCUT2D eigenvalue weighted by Gasteiger charge is -1.99. The Labute approximate surface area is 77.6 Å². The molecule has 62 valence electrons. The van der Waals surface area contributed by atoms with Crippen molar-refractivity contribution in [3.63, 3.8) is 0 Å². The molecule has 0 amide bonds. The summed E-state index contributed by atoms with van der Waals surface area (Å²) in [5.74, 6) is -0.294. The third-order valence-electron chi connectivity index (χ3n) is 1.82. The Morgan fingerprint density at radius 3 is 3.00 bits per heavy atom. The zero-order valence-corrected chi connectivity index (χ0v) is 7.72. The van der Waals surface area contributed by atoms with Crippen LogP contribution in [-0.4, -0.2) is 5.97 Å². The number of anilines is 1. The van der Waals surface area contributed by atoms with Crippen molar-refractivity contribution >= 4 is 27.6 Å². The molecule has 12 heavy (non-hydrogen) atoms. The number of rotatable bonds is 0. The van der Waals surface area contributed by atoms with Gasteiger partial charge in [-0.25, -0.2) is 4.79 Å². The average molecular weight is 228 g/mol. The van der Waals surface area contributed by atoms with Crippen LogP contribution in [0.3, 0.4) is 0 Å². The summed E-state index contributed by atoms with van der Waals surface area (Å²) in [4.78, 5) is 11.1. The van der Waals surface area contributed by atoms with Crippen molar-refractivity contribution in [3.05, 3.63) is 27.7 Å². The minimum atomic E-state index is -0.294. The molecule has 1 aromatic rings. The van der Waals surface area contributed by atoms with Gasteiger partial charge in [0.2, 0.25) is 0 Å². The third kappa shape index (κ3) is 0.992. The van der Waals surface area contributed by atoms with E-state index in [4.69, 9.17) is 10.5 Å². The van der Waals surface area contributed by atoms with Gasteiger partial charge in [0, 0.05) is 15.7 Å². The molecule has 0 spiro atoms. The van der Waals surface area contributed by atoms with E-state index in [9.17, 15) is 4.79 Å². The van der Waals surface area contributed by atoms with Gasteiger partial charge < -0.3 is 10.5 Å². The molecule has 0 radical (unpaired) electrons. The molecule has 0 saturated heterocycles. The summed E-state index contributed by atoms with van der Waals surface area (Å²) in [5.41, 5.74) is 7.64. The number of hydrogen-bond acceptors (Lipinski definition) is 3. The number of esters is 1. The van der Waals surface area contributed by atoms with Crippen molar-refractivity contribution in [3.8, 4) is 0 Å². The highest BCUT2D eigenvalue weighted by atomic mass is 79.9. The van der Waals surface area contributed by atoms with Crippen molar-refractivity contribution < 1.29 is 9.53 Å². The van der Waals surface area contributed by atoms with E-state index in [0.29, 0.717) is 17.9 Å². The molecule has 0 aliphatic carbocycles. The lowest BCUT2D eigenvalue weighted by Crippen LogP contribution is -1.96. The molecular formula is C8H6BrNO2. The maximum absolute atomic E-state index is 11.1. The highest BCUT2D eigenvalue weighted by Crippen LogP contribution is 2.28. The lowest BCUT2D eigenvalue weighted by atomic mass is 10.1. The van der Waals surface area contributed by atoms with Gasteiger partial charge in [-0.2, -0.15) is 0 Å². The number of carbonyl (C=O) groups excluding carboxylic acids is 1. The van der Waals surface area contributed by atoms with Crippen LogP contribution in [0.2, 0.25) is 0 Å². The molecule has 0 bridgehead atoms. The van der Waals surface area contributed by atoms with Crippen LogP contribution in [0.4, 0.5) is 5.69 Å². The molecular weight excluding hydrogens is 222 g/mol. The molecule has 0 saturated carbocycles. The molecule has 4 heteroatoms. The van der Waals surface area contributed by atoms with Crippen LogP contribution in [0.5, 0.6) is 0 Å². The normalized spacial score (nSPS) is 14.2. The fourth-order valence-electron chi connectivity index (χ4n) is 1.22. The Kier molecular flexibility index (Phi) is 1.58. The van der Waals surface area contributed by atoms with Crippen LogP contribution in [0.15, 0.2) is 16.6 Å². The molecule has 1 aliphatic heterocycles. The quantitative estimate of drug-likeness (QED) is 0.543. The van der Waals surface area contributed by atoms with Gasteiger partial charge in [-0.1, -0.05) is 15.9 Å². The molecule has 2 rings (SSSR count). The van der Waals surface area contributed by atoms with E-state index >= 15 is 0 Å². The zero-order chi connectivity index (χ0) is 8.72. The molecule has 3 nitrogen and oxygen atoms in total. The van der Waals surface area contributed by atoms with E-state index < -0.39 is 0 Å². The monoisotopic (exact) mass is 227 g/mol. The van der Waals surface area contributed by atoms with Gasteiger partial charge in [-0.15, -0.1) is 0 Å². The molecule has 0 atom stereocenters. The molecule has 2 N–H and O–H groups in total. The SMILES string of the molecule is Nc1cc(Br)cc2c1COC2=O. The van der Waals surface area contributed by atoms with Crippen LogP contribution in [0.25, 0.3) is 0 Å². The number of ether oxygens (including phenoxy) is 1. The first-order chi connectivity index (χ1) is 5.68. The Bertz CT molecular complexity index is 362. The van der Waals surface area contributed by atoms with Crippen molar-refractivity contribution in [2.45, 2.75) is 6.61 Å². The first-order valence-corrected chi connectivity index (χ1v) is 4.23. The standard InChI is InChI=1S/C8H6BrNO2/c9-4-1-5-6(7(10)2-4)3-12-8(5)11/h1-2H,3,10H2. The molecule has 1 heterocycles. The van der Waals surface area contributed by atoms with Gasteiger partial charge in [0.1, 0.15) is 6.61 Å². The topological polar surface area (TPSA) is 52.3 Å². The van der Waals surface area contributed by atoms with Crippen LogP contribution in [-0.2, 0) is 11.3 Å². The highest BCUT2D eigenvalue weighted by molar-refractivity contribution is 9.10. The first-order valence-electron chi connectivity index (χ1n) is 3.43. The smallest absolute Gasteiger partial charge is 0.338 e. The fraction of sp³-hybridized carbons (Fsp3) is 0.125. The molecule has 0 unspecified atom stereocenters. The Hall–Kier alpha value is -1.03. The number of hydrogen-bond donors (Lipinski definition) is 1. The van der Waals surface area contributed by atoms with Crippen molar-refractivity contribution in [1.29, 1.82) is 0 Å². The van der Waals surface area contributed by atoms with Gasteiger partial charge >= 0.3 is 5.97 Å². The van der Waals surface area contributed by atoms with Gasteiger partial charge in [0.15, 0.2) is 0 Å². The van der Waals surface area contributed by atoms with Crippen LogP contribution >= 0.6 is 15.9 Å². The minimum absolute atomic E-state index is 0.294. The lowest BCUT2D eigenvalue weighted by molar-refractivity contribution is 0.0535. The summed E-state index contributed by atoms with van der Waals surface area (Å²) in [5, 5.41) is 0. The van der Waals surface area contributed by atoms with Crippen molar-refractivity contribution in [1.82, 2.24) is 0 Å². The second kappa shape index (κ2) is 2.48. The fourth-order valence-corrected chi connectivity index (χ4v) is 1.69. The third-order valence-corrected chi connectivity index (χ3v) is 2.27. The maximum Gasteiger partial charge on any atom is 0.338 e. The number of fused-ring (bicyclic) bond motifs is 1. The van der Waals surface area contributed by atoms with E-state index in [-0.39, 0.29) is 5.97 Å². The molecule has 1 aromatic carbocycles. The Morgan fingerprint density at radius 2 is 2.25 bits per heavy atom. The second-order valence-corrected chi connectivity index (χ2v) is 3.51. The predicted molar refractivity (Wildman–Crippen MR) is 47.7 cm³/mol. The number of carbonyl (C=O) groups is 1. The van der Waals surface area contributed by atoms with Crippen LogP contribution in [0.1, 0.15) is 15.9 Å². The van der Waals surface area contributed by atoms with E-state index in [1.165, 1.54) is 0 Å². The second-order valence-electron chi connectivity index (χ2n) is 2.60. The number of nitrogen functional groups attached to an aromatic ring is 1. The Balaban J connectivity index is 2.68. The predicted octanol–water partition coefficient (Wildman–Crippen LogP) is 1.70. The van der Waals surface area contributed by atoms with E-state index in [1.807, 2.05) is 0 Å². The molecule has 0 aromatic heterocycles. The first kappa shape index (κ1) is 7.61. The van der Waals surface area contributed by atoms with E-state index in [2.05, 4.69) is 15.9 Å². The average Bonchev–Trinajstić information content (AvgIpc) is 2.33. The van der Waals surface area contributed by atoms with Crippen molar-refractivity contribution in [2.75, 3.05) is 5.73 Å². The highest BCUT2D eigenvalue weighted by Gasteiger charge is 2.23. The van der Waals surface area contributed by atoms with Gasteiger partial charge in [-0.3, -0.25) is 0 Å². The zero-order valence-electron chi connectivity index (χ0n) is 6.13. The van der Waals surface area contributed by atoms with Gasteiger partial charge in [0.25, 0.3) is 0 Å². The molecule has 1 aliphatic rings.